The molecular formula is C15H19F3N2O. The van der Waals surface area contributed by atoms with E-state index in [1.54, 1.807) is 0 Å². The Morgan fingerprint density at radius 3 is 2.57 bits per heavy atom. The van der Waals surface area contributed by atoms with Crippen molar-refractivity contribution in [3.63, 3.8) is 0 Å². The molecule has 0 spiro atoms. The summed E-state index contributed by atoms with van der Waals surface area (Å²) in [6.45, 7) is 3.00. The zero-order valence-corrected chi connectivity index (χ0v) is 11.8. The lowest BCUT2D eigenvalue weighted by Crippen LogP contribution is -2.42. The van der Waals surface area contributed by atoms with Crippen LogP contribution in [0.25, 0.3) is 0 Å². The van der Waals surface area contributed by atoms with Crippen LogP contribution < -0.4 is 10.6 Å². The molecule has 3 nitrogen and oxygen atoms in total. The summed E-state index contributed by atoms with van der Waals surface area (Å²) in [5, 5.41) is 5.95. The van der Waals surface area contributed by atoms with Gasteiger partial charge in [0.05, 0.1) is 5.56 Å². The number of carbonyl (C=O) groups is 1. The first-order valence-electron chi connectivity index (χ1n) is 7.07. The Morgan fingerprint density at radius 1 is 1.33 bits per heavy atom. The van der Waals surface area contributed by atoms with Gasteiger partial charge in [-0.25, -0.2) is 0 Å². The molecule has 6 heteroatoms. The van der Waals surface area contributed by atoms with Gasteiger partial charge in [-0.15, -0.1) is 0 Å². The van der Waals surface area contributed by atoms with Crippen LogP contribution in [0, 0.1) is 5.92 Å². The molecule has 2 unspecified atom stereocenters. The largest absolute Gasteiger partial charge is 0.416 e. The highest BCUT2D eigenvalue weighted by Gasteiger charge is 2.30. The quantitative estimate of drug-likeness (QED) is 0.898. The van der Waals surface area contributed by atoms with Crippen molar-refractivity contribution in [3.05, 3.63) is 29.8 Å². The predicted octanol–water partition coefficient (Wildman–Crippen LogP) is 3.42. The molecule has 2 N–H and O–H groups in total. The highest BCUT2D eigenvalue weighted by molar-refractivity contribution is 5.91. The normalized spacial score (nSPS) is 22.9. The van der Waals surface area contributed by atoms with Crippen molar-refractivity contribution < 1.29 is 18.0 Å². The van der Waals surface area contributed by atoms with Gasteiger partial charge in [-0.1, -0.05) is 6.92 Å². The minimum atomic E-state index is -4.36. The molecule has 116 valence electrons. The van der Waals surface area contributed by atoms with Crippen molar-refractivity contribution in [3.8, 4) is 0 Å². The van der Waals surface area contributed by atoms with Crippen molar-refractivity contribution in [2.24, 2.45) is 5.92 Å². The number of carbonyl (C=O) groups excluding carboxylic acids is 1. The SMILES string of the molecule is CC1CCCNC1CC(=O)Nc1ccc(C(F)(F)F)cc1. The number of anilines is 1. The van der Waals surface area contributed by atoms with Gasteiger partial charge in [0.2, 0.25) is 5.91 Å². The van der Waals surface area contributed by atoms with Crippen LogP contribution in [0.3, 0.4) is 0 Å². The predicted molar refractivity (Wildman–Crippen MR) is 74.9 cm³/mol. The molecule has 1 aliphatic rings. The monoisotopic (exact) mass is 300 g/mol. The lowest BCUT2D eigenvalue weighted by molar-refractivity contribution is -0.137. The number of rotatable bonds is 3. The van der Waals surface area contributed by atoms with Crippen LogP contribution in [-0.2, 0) is 11.0 Å². The van der Waals surface area contributed by atoms with Gasteiger partial charge in [0.1, 0.15) is 0 Å². The molecule has 1 amide bonds. The first-order valence-corrected chi connectivity index (χ1v) is 7.07. The minimum Gasteiger partial charge on any atom is -0.326 e. The first kappa shape index (κ1) is 15.8. The van der Waals surface area contributed by atoms with Crippen molar-refractivity contribution in [1.82, 2.24) is 5.32 Å². The molecule has 2 atom stereocenters. The van der Waals surface area contributed by atoms with Crippen molar-refractivity contribution in [1.29, 1.82) is 0 Å². The van der Waals surface area contributed by atoms with Crippen molar-refractivity contribution in [2.45, 2.75) is 38.4 Å². The van der Waals surface area contributed by atoms with E-state index in [4.69, 9.17) is 0 Å². The maximum Gasteiger partial charge on any atom is 0.416 e. The van der Waals surface area contributed by atoms with Crippen LogP contribution in [-0.4, -0.2) is 18.5 Å². The Kier molecular flexibility index (Phi) is 4.88. The van der Waals surface area contributed by atoms with E-state index in [0.29, 0.717) is 18.0 Å². The zero-order chi connectivity index (χ0) is 15.5. The molecule has 0 bridgehead atoms. The third-order valence-electron chi connectivity index (χ3n) is 3.83. The molecule has 1 fully saturated rings. The molecule has 0 saturated carbocycles. The molecule has 1 heterocycles. The Bertz CT molecular complexity index is 485. The van der Waals surface area contributed by atoms with Crippen molar-refractivity contribution in [2.75, 3.05) is 11.9 Å². The van der Waals surface area contributed by atoms with Crippen molar-refractivity contribution >= 4 is 11.6 Å². The second-order valence-electron chi connectivity index (χ2n) is 5.51. The Morgan fingerprint density at radius 2 is 2.00 bits per heavy atom. The molecule has 0 radical (unpaired) electrons. The van der Waals surface area contributed by atoms with Crippen LogP contribution in [0.5, 0.6) is 0 Å². The lowest BCUT2D eigenvalue weighted by Gasteiger charge is -2.29. The van der Waals surface area contributed by atoms with E-state index in [9.17, 15) is 18.0 Å². The average molecular weight is 300 g/mol. The van der Waals surface area contributed by atoms with Crippen LogP contribution in [0.15, 0.2) is 24.3 Å². The first-order chi connectivity index (χ1) is 9.86. The lowest BCUT2D eigenvalue weighted by atomic mass is 9.90. The topological polar surface area (TPSA) is 41.1 Å². The fraction of sp³-hybridized carbons (Fsp3) is 0.533. The van der Waals surface area contributed by atoms with Gasteiger partial charge in [-0.2, -0.15) is 13.2 Å². The second-order valence-corrected chi connectivity index (χ2v) is 5.51. The van der Waals surface area contributed by atoms with Crippen LogP contribution >= 0.6 is 0 Å². The van der Waals surface area contributed by atoms with Crippen LogP contribution in [0.4, 0.5) is 18.9 Å². The fourth-order valence-corrected chi connectivity index (χ4v) is 2.54. The Balaban J connectivity index is 1.90. The van der Waals surface area contributed by atoms with E-state index in [1.807, 2.05) is 0 Å². The smallest absolute Gasteiger partial charge is 0.326 e. The van der Waals surface area contributed by atoms with E-state index in [2.05, 4.69) is 17.6 Å². The molecule has 21 heavy (non-hydrogen) atoms. The highest BCUT2D eigenvalue weighted by Crippen LogP contribution is 2.29. The average Bonchev–Trinajstić information content (AvgIpc) is 2.41. The number of hydrogen-bond donors (Lipinski definition) is 2. The van der Waals surface area contributed by atoms with E-state index in [-0.39, 0.29) is 11.9 Å². The maximum absolute atomic E-state index is 12.4. The third kappa shape index (κ3) is 4.46. The molecule has 2 rings (SSSR count). The van der Waals surface area contributed by atoms with E-state index in [0.717, 1.165) is 31.5 Å². The maximum atomic E-state index is 12.4. The zero-order valence-electron chi connectivity index (χ0n) is 11.8. The summed E-state index contributed by atoms with van der Waals surface area (Å²) in [5.74, 6) is 0.248. The summed E-state index contributed by atoms with van der Waals surface area (Å²) in [6, 6.07) is 4.62. The Labute approximate surface area is 121 Å². The number of piperidine rings is 1. The minimum absolute atomic E-state index is 0.133. The van der Waals surface area contributed by atoms with E-state index < -0.39 is 11.7 Å². The third-order valence-corrected chi connectivity index (χ3v) is 3.83. The van der Waals surface area contributed by atoms with Gasteiger partial charge < -0.3 is 10.6 Å². The number of nitrogens with one attached hydrogen (secondary N) is 2. The summed E-state index contributed by atoms with van der Waals surface area (Å²) < 4.78 is 37.3. The van der Waals surface area contributed by atoms with Gasteiger partial charge in [0, 0.05) is 18.2 Å². The molecule has 1 aliphatic heterocycles. The summed E-state index contributed by atoms with van der Waals surface area (Å²) in [6.07, 6.45) is -1.82. The van der Waals surface area contributed by atoms with Gasteiger partial charge in [-0.05, 0) is 49.6 Å². The molecule has 1 aromatic carbocycles. The number of benzene rings is 1. The van der Waals surface area contributed by atoms with E-state index in [1.165, 1.54) is 12.1 Å². The van der Waals surface area contributed by atoms with E-state index >= 15 is 0 Å². The molecule has 0 aromatic heterocycles. The fourth-order valence-electron chi connectivity index (χ4n) is 2.54. The summed E-state index contributed by atoms with van der Waals surface area (Å²) in [4.78, 5) is 11.9. The van der Waals surface area contributed by atoms with Gasteiger partial charge in [-0.3, -0.25) is 4.79 Å². The summed E-state index contributed by atoms with van der Waals surface area (Å²) >= 11 is 0. The van der Waals surface area contributed by atoms with Gasteiger partial charge >= 0.3 is 6.18 Å². The Hall–Kier alpha value is -1.56. The van der Waals surface area contributed by atoms with Gasteiger partial charge in [0.25, 0.3) is 0 Å². The standard InChI is InChI=1S/C15H19F3N2O/c1-10-3-2-8-19-13(10)9-14(21)20-12-6-4-11(5-7-12)15(16,17)18/h4-7,10,13,19H,2-3,8-9H2,1H3,(H,20,21). The second kappa shape index (κ2) is 6.47. The number of hydrogen-bond acceptors (Lipinski definition) is 2. The highest BCUT2D eigenvalue weighted by atomic mass is 19.4. The van der Waals surface area contributed by atoms with Gasteiger partial charge in [0.15, 0.2) is 0 Å². The summed E-state index contributed by atoms with van der Waals surface area (Å²) in [7, 11) is 0. The number of amides is 1. The summed E-state index contributed by atoms with van der Waals surface area (Å²) in [5.41, 5.74) is -0.334. The van der Waals surface area contributed by atoms with Crippen LogP contribution in [0.1, 0.15) is 31.7 Å². The molecular weight excluding hydrogens is 281 g/mol. The molecule has 0 aliphatic carbocycles. The number of alkyl halides is 3. The van der Waals surface area contributed by atoms with Crippen LogP contribution in [0.2, 0.25) is 0 Å². The molecule has 1 aromatic rings. The molecule has 1 saturated heterocycles. The number of halogens is 3.